The summed E-state index contributed by atoms with van der Waals surface area (Å²) in [6, 6.07) is 12.4. The fourth-order valence-corrected chi connectivity index (χ4v) is 3.56. The lowest BCUT2D eigenvalue weighted by Crippen LogP contribution is -2.42. The van der Waals surface area contributed by atoms with Gasteiger partial charge in [-0.25, -0.2) is 0 Å². The molecule has 3 rings (SSSR count). The Morgan fingerprint density at radius 2 is 1.92 bits per heavy atom. The van der Waals surface area contributed by atoms with E-state index in [1.807, 2.05) is 17.5 Å². The van der Waals surface area contributed by atoms with Crippen LogP contribution >= 0.6 is 11.3 Å². The lowest BCUT2D eigenvalue weighted by Gasteiger charge is -2.31. The first-order valence-corrected chi connectivity index (χ1v) is 9.11. The number of carbonyl (C=O) groups is 3. The molecule has 6 heteroatoms. The second-order valence-corrected chi connectivity index (χ2v) is 6.91. The van der Waals surface area contributed by atoms with Gasteiger partial charge in [-0.3, -0.25) is 14.4 Å². The predicted octanol–water partition coefficient (Wildman–Crippen LogP) is 3.03. The number of hydrogen-bond acceptors (Lipinski definition) is 5. The molecule has 130 valence electrons. The quantitative estimate of drug-likeness (QED) is 0.609. The standard InChI is InChI=1S/C19H19NO4S/c21-16(14-6-2-1-3-7-14)13-24-19(23)15-8-4-10-20(12-15)18(22)17-9-5-11-25-17/h1-3,5-7,9,11,15H,4,8,10,12-13H2. The molecule has 2 heterocycles. The molecule has 2 aromatic rings. The van der Waals surface area contributed by atoms with E-state index >= 15 is 0 Å². The molecule has 1 fully saturated rings. The third-order valence-corrected chi connectivity index (χ3v) is 5.07. The van der Waals surface area contributed by atoms with Crippen LogP contribution in [0.5, 0.6) is 0 Å². The highest BCUT2D eigenvalue weighted by Gasteiger charge is 2.30. The second-order valence-electron chi connectivity index (χ2n) is 5.96. The average Bonchev–Trinajstić information content (AvgIpc) is 3.20. The predicted molar refractivity (Wildman–Crippen MR) is 94.7 cm³/mol. The smallest absolute Gasteiger partial charge is 0.311 e. The Balaban J connectivity index is 1.53. The van der Waals surface area contributed by atoms with E-state index in [1.54, 1.807) is 35.2 Å². The van der Waals surface area contributed by atoms with E-state index in [2.05, 4.69) is 0 Å². The maximum absolute atomic E-state index is 12.4. The number of carbonyl (C=O) groups excluding carboxylic acids is 3. The van der Waals surface area contributed by atoms with Gasteiger partial charge >= 0.3 is 5.97 Å². The zero-order valence-corrected chi connectivity index (χ0v) is 14.5. The Morgan fingerprint density at radius 1 is 1.12 bits per heavy atom. The van der Waals surface area contributed by atoms with Gasteiger partial charge in [-0.05, 0) is 24.3 Å². The molecule has 1 aromatic heterocycles. The van der Waals surface area contributed by atoms with Crippen LogP contribution in [0.15, 0.2) is 47.8 Å². The molecule has 1 atom stereocenters. The van der Waals surface area contributed by atoms with Gasteiger partial charge in [-0.1, -0.05) is 36.4 Å². The summed E-state index contributed by atoms with van der Waals surface area (Å²) in [6.07, 6.45) is 1.43. The number of thiophene rings is 1. The Labute approximate surface area is 150 Å². The normalized spacial score (nSPS) is 17.1. The number of amides is 1. The van der Waals surface area contributed by atoms with Gasteiger partial charge in [0.2, 0.25) is 0 Å². The molecule has 0 bridgehead atoms. The molecule has 1 aliphatic heterocycles. The first-order chi connectivity index (χ1) is 12.1. The van der Waals surface area contributed by atoms with Gasteiger partial charge in [0.25, 0.3) is 5.91 Å². The van der Waals surface area contributed by atoms with Gasteiger partial charge in [-0.15, -0.1) is 11.3 Å². The van der Waals surface area contributed by atoms with Crippen LogP contribution in [-0.2, 0) is 9.53 Å². The fourth-order valence-electron chi connectivity index (χ4n) is 2.87. The number of Topliss-reactive ketones (excluding diaryl/α,β-unsaturated/α-hetero) is 1. The molecular weight excluding hydrogens is 338 g/mol. The first-order valence-electron chi connectivity index (χ1n) is 8.23. The molecule has 0 aliphatic carbocycles. The van der Waals surface area contributed by atoms with Gasteiger partial charge in [0.1, 0.15) is 0 Å². The molecule has 5 nitrogen and oxygen atoms in total. The Bertz CT molecular complexity index is 742. The number of ketones is 1. The van der Waals surface area contributed by atoms with Gasteiger partial charge in [0.05, 0.1) is 10.8 Å². The van der Waals surface area contributed by atoms with E-state index < -0.39 is 5.97 Å². The van der Waals surface area contributed by atoms with Crippen molar-refractivity contribution >= 4 is 29.0 Å². The summed E-state index contributed by atoms with van der Waals surface area (Å²) in [4.78, 5) is 39.1. The maximum atomic E-state index is 12.4. The van der Waals surface area contributed by atoms with Crippen LogP contribution in [-0.4, -0.2) is 42.3 Å². The number of likely N-dealkylation sites (tertiary alicyclic amines) is 1. The minimum absolute atomic E-state index is 0.0483. The van der Waals surface area contributed by atoms with Crippen molar-refractivity contribution in [3.05, 3.63) is 58.3 Å². The van der Waals surface area contributed by atoms with Crippen LogP contribution in [0.4, 0.5) is 0 Å². The van der Waals surface area contributed by atoms with E-state index in [0.29, 0.717) is 30.0 Å². The van der Waals surface area contributed by atoms with Crippen LogP contribution in [0, 0.1) is 5.92 Å². The number of ether oxygens (including phenoxy) is 1. The van der Waals surface area contributed by atoms with E-state index in [1.165, 1.54) is 11.3 Å². The third kappa shape index (κ3) is 4.33. The molecular formula is C19H19NO4S. The molecule has 0 saturated carbocycles. The van der Waals surface area contributed by atoms with Crippen LogP contribution in [0.2, 0.25) is 0 Å². The Hall–Kier alpha value is -2.47. The minimum atomic E-state index is -0.409. The van der Waals surface area contributed by atoms with E-state index in [9.17, 15) is 14.4 Å². The van der Waals surface area contributed by atoms with E-state index in [-0.39, 0.29) is 24.2 Å². The molecule has 1 saturated heterocycles. The van der Waals surface area contributed by atoms with Crippen LogP contribution in [0.1, 0.15) is 32.9 Å². The lowest BCUT2D eigenvalue weighted by molar-refractivity contribution is -0.148. The molecule has 0 N–H and O–H groups in total. The summed E-state index contributed by atoms with van der Waals surface area (Å²) in [5.74, 6) is -1.06. The van der Waals surface area contributed by atoms with Crippen molar-refractivity contribution in [3.8, 4) is 0 Å². The summed E-state index contributed by atoms with van der Waals surface area (Å²) in [5, 5.41) is 1.86. The van der Waals surface area contributed by atoms with Gasteiger partial charge in [0.15, 0.2) is 12.4 Å². The number of rotatable bonds is 5. The van der Waals surface area contributed by atoms with Crippen molar-refractivity contribution in [3.63, 3.8) is 0 Å². The van der Waals surface area contributed by atoms with Crippen molar-refractivity contribution in [2.45, 2.75) is 12.8 Å². The largest absolute Gasteiger partial charge is 0.457 e. The van der Waals surface area contributed by atoms with Gasteiger partial charge in [-0.2, -0.15) is 0 Å². The highest BCUT2D eigenvalue weighted by Crippen LogP contribution is 2.21. The van der Waals surface area contributed by atoms with Gasteiger partial charge < -0.3 is 9.64 Å². The number of hydrogen-bond donors (Lipinski definition) is 0. The van der Waals surface area contributed by atoms with Gasteiger partial charge in [0, 0.05) is 18.7 Å². The zero-order valence-electron chi connectivity index (χ0n) is 13.7. The SMILES string of the molecule is O=C(COC(=O)C1CCCN(C(=O)c2cccs2)C1)c1ccccc1. The summed E-state index contributed by atoms with van der Waals surface area (Å²) in [5.41, 5.74) is 0.522. The van der Waals surface area contributed by atoms with Crippen molar-refractivity contribution in [2.24, 2.45) is 5.92 Å². The average molecular weight is 357 g/mol. The monoisotopic (exact) mass is 357 g/mol. The summed E-state index contributed by atoms with van der Waals surface area (Å²) in [7, 11) is 0. The minimum Gasteiger partial charge on any atom is -0.457 e. The second kappa shape index (κ2) is 8.07. The number of benzene rings is 1. The van der Waals surface area contributed by atoms with E-state index in [4.69, 9.17) is 4.74 Å². The lowest BCUT2D eigenvalue weighted by atomic mass is 9.98. The molecule has 1 aliphatic rings. The number of piperidine rings is 1. The van der Waals surface area contributed by atoms with Crippen LogP contribution in [0.3, 0.4) is 0 Å². The third-order valence-electron chi connectivity index (χ3n) is 4.22. The van der Waals surface area contributed by atoms with E-state index in [0.717, 1.165) is 6.42 Å². The molecule has 0 radical (unpaired) electrons. The molecule has 25 heavy (non-hydrogen) atoms. The van der Waals surface area contributed by atoms with Crippen LogP contribution in [0.25, 0.3) is 0 Å². The molecule has 1 amide bonds. The van der Waals surface area contributed by atoms with Crippen molar-refractivity contribution in [1.82, 2.24) is 4.90 Å². The molecule has 1 aromatic carbocycles. The molecule has 1 unspecified atom stereocenters. The highest BCUT2D eigenvalue weighted by atomic mass is 32.1. The van der Waals surface area contributed by atoms with Crippen molar-refractivity contribution in [1.29, 1.82) is 0 Å². The topological polar surface area (TPSA) is 63.7 Å². The van der Waals surface area contributed by atoms with Crippen molar-refractivity contribution < 1.29 is 19.1 Å². The molecule has 0 spiro atoms. The Morgan fingerprint density at radius 3 is 2.64 bits per heavy atom. The highest BCUT2D eigenvalue weighted by molar-refractivity contribution is 7.12. The zero-order chi connectivity index (χ0) is 17.6. The maximum Gasteiger partial charge on any atom is 0.311 e. The fraction of sp³-hybridized carbons (Fsp3) is 0.316. The summed E-state index contributed by atoms with van der Waals surface area (Å²) < 4.78 is 5.19. The van der Waals surface area contributed by atoms with Crippen molar-refractivity contribution in [2.75, 3.05) is 19.7 Å². The summed E-state index contributed by atoms with van der Waals surface area (Å²) >= 11 is 1.39. The number of esters is 1. The summed E-state index contributed by atoms with van der Waals surface area (Å²) in [6.45, 7) is 0.719. The Kier molecular flexibility index (Phi) is 5.60. The number of nitrogens with zero attached hydrogens (tertiary/aromatic N) is 1. The first kappa shape index (κ1) is 17.4. The van der Waals surface area contributed by atoms with Crippen LogP contribution < -0.4 is 0 Å².